The van der Waals surface area contributed by atoms with Crippen LogP contribution in [-0.4, -0.2) is 17.8 Å². The summed E-state index contributed by atoms with van der Waals surface area (Å²) in [5, 5.41) is 13.3. The van der Waals surface area contributed by atoms with Crippen molar-refractivity contribution < 1.29 is 14.2 Å². The van der Waals surface area contributed by atoms with Gasteiger partial charge in [-0.15, -0.1) is 0 Å². The van der Waals surface area contributed by atoms with Crippen molar-refractivity contribution in [3.63, 3.8) is 0 Å². The number of halogens is 3. The summed E-state index contributed by atoms with van der Waals surface area (Å²) in [7, 11) is 0. The molecule has 0 bridgehead atoms. The highest BCUT2D eigenvalue weighted by Crippen LogP contribution is 2.26. The maximum absolute atomic E-state index is 13.8. The van der Waals surface area contributed by atoms with E-state index in [1.165, 1.54) is 6.07 Å². The van der Waals surface area contributed by atoms with Crippen LogP contribution in [-0.2, 0) is 13.2 Å². The normalized spacial score (nSPS) is 12.2. The van der Waals surface area contributed by atoms with Gasteiger partial charge in [-0.3, -0.25) is 0 Å². The van der Waals surface area contributed by atoms with Gasteiger partial charge in [-0.1, -0.05) is 29.3 Å². The Labute approximate surface area is 145 Å². The Morgan fingerprint density at radius 1 is 1.26 bits per heavy atom. The van der Waals surface area contributed by atoms with Gasteiger partial charge in [0.15, 0.2) is 0 Å². The second-order valence-electron chi connectivity index (χ2n) is 5.22. The van der Waals surface area contributed by atoms with Crippen LogP contribution >= 0.6 is 23.2 Å². The van der Waals surface area contributed by atoms with Crippen molar-refractivity contribution in [1.82, 2.24) is 5.32 Å². The van der Waals surface area contributed by atoms with Gasteiger partial charge in [0.2, 0.25) is 0 Å². The van der Waals surface area contributed by atoms with Crippen molar-refractivity contribution in [2.24, 2.45) is 0 Å². The fourth-order valence-electron chi connectivity index (χ4n) is 2.06. The van der Waals surface area contributed by atoms with Gasteiger partial charge < -0.3 is 15.2 Å². The third-order valence-electron chi connectivity index (χ3n) is 3.21. The Balaban J connectivity index is 2.10. The average Bonchev–Trinajstić information content (AvgIpc) is 2.48. The van der Waals surface area contributed by atoms with Crippen LogP contribution in [0, 0.1) is 5.82 Å². The maximum Gasteiger partial charge on any atom is 0.131 e. The number of aliphatic hydroxyl groups excluding tert-OH is 1. The summed E-state index contributed by atoms with van der Waals surface area (Å²) in [4.78, 5) is 0. The Morgan fingerprint density at radius 3 is 2.74 bits per heavy atom. The summed E-state index contributed by atoms with van der Waals surface area (Å²) in [6.07, 6.45) is -0.448. The first-order valence-corrected chi connectivity index (χ1v) is 7.96. The van der Waals surface area contributed by atoms with E-state index in [0.29, 0.717) is 34.4 Å². The summed E-state index contributed by atoms with van der Waals surface area (Å²) in [5.74, 6) is 0.187. The zero-order chi connectivity index (χ0) is 16.8. The van der Waals surface area contributed by atoms with Crippen LogP contribution < -0.4 is 10.1 Å². The highest BCUT2D eigenvalue weighted by Gasteiger charge is 2.10. The molecule has 2 aromatic rings. The molecular weight excluding hydrogens is 340 g/mol. The lowest BCUT2D eigenvalue weighted by Crippen LogP contribution is -2.24. The summed E-state index contributed by atoms with van der Waals surface area (Å²) in [6, 6.07) is 9.73. The molecule has 2 rings (SSSR count). The van der Waals surface area contributed by atoms with E-state index in [-0.39, 0.29) is 6.61 Å². The first-order chi connectivity index (χ1) is 11.0. The number of rotatable bonds is 7. The molecule has 0 unspecified atom stereocenters. The van der Waals surface area contributed by atoms with Gasteiger partial charge in [-0.2, -0.15) is 0 Å². The summed E-state index contributed by atoms with van der Waals surface area (Å²) in [6.45, 7) is 2.65. The van der Waals surface area contributed by atoms with Gasteiger partial charge in [0, 0.05) is 29.2 Å². The van der Waals surface area contributed by atoms with Crippen LogP contribution in [0.3, 0.4) is 0 Å². The van der Waals surface area contributed by atoms with Crippen LogP contribution in [0.5, 0.6) is 5.75 Å². The van der Waals surface area contributed by atoms with Crippen LogP contribution in [0.1, 0.15) is 18.1 Å². The summed E-state index contributed by atoms with van der Waals surface area (Å²) in [5.41, 5.74) is 1.14. The predicted octanol–water partition coefficient (Wildman–Crippen LogP) is 4.18. The Kier molecular flexibility index (Phi) is 6.66. The molecule has 6 heteroatoms. The van der Waals surface area contributed by atoms with E-state index >= 15 is 0 Å². The molecule has 3 nitrogen and oxygen atoms in total. The molecule has 1 atom stereocenters. The van der Waals surface area contributed by atoms with E-state index in [2.05, 4.69) is 5.32 Å². The lowest BCUT2D eigenvalue weighted by Gasteiger charge is -2.14. The zero-order valence-electron chi connectivity index (χ0n) is 12.7. The van der Waals surface area contributed by atoms with Gasteiger partial charge in [0.25, 0.3) is 0 Å². The van der Waals surface area contributed by atoms with Crippen molar-refractivity contribution in [1.29, 1.82) is 0 Å². The minimum Gasteiger partial charge on any atom is -0.488 e. The molecule has 23 heavy (non-hydrogen) atoms. The average molecular weight is 358 g/mol. The second-order valence-corrected chi connectivity index (χ2v) is 6.06. The van der Waals surface area contributed by atoms with Crippen LogP contribution in [0.2, 0.25) is 10.0 Å². The second kappa shape index (κ2) is 8.50. The fraction of sp³-hybridized carbons (Fsp3) is 0.294. The molecule has 124 valence electrons. The quantitative estimate of drug-likeness (QED) is 0.780. The summed E-state index contributed by atoms with van der Waals surface area (Å²) >= 11 is 12.0. The molecule has 2 N–H and O–H groups in total. The molecule has 0 aromatic heterocycles. The SMILES string of the molecule is C[C@H](O)CNCc1cc(Cl)ccc1OCc1c(F)cccc1Cl. The van der Waals surface area contributed by atoms with Crippen molar-refractivity contribution >= 4 is 23.2 Å². The minimum atomic E-state index is -0.448. The van der Waals surface area contributed by atoms with Crippen LogP contribution in [0.25, 0.3) is 0 Å². The molecular formula is C17H18Cl2FNO2. The first kappa shape index (κ1) is 18.0. The molecule has 0 spiro atoms. The minimum absolute atomic E-state index is 0.0243. The smallest absolute Gasteiger partial charge is 0.131 e. The van der Waals surface area contributed by atoms with E-state index in [9.17, 15) is 9.50 Å². The van der Waals surface area contributed by atoms with Crippen LogP contribution in [0.4, 0.5) is 4.39 Å². The number of benzene rings is 2. The van der Waals surface area contributed by atoms with Crippen molar-refractivity contribution in [2.75, 3.05) is 6.54 Å². The predicted molar refractivity (Wildman–Crippen MR) is 90.6 cm³/mol. The third-order valence-corrected chi connectivity index (χ3v) is 3.80. The lowest BCUT2D eigenvalue weighted by molar-refractivity contribution is 0.190. The van der Waals surface area contributed by atoms with Crippen molar-refractivity contribution in [3.8, 4) is 5.75 Å². The maximum atomic E-state index is 13.8. The Hall–Kier alpha value is -1.33. The van der Waals surface area contributed by atoms with Gasteiger partial charge in [0.05, 0.1) is 11.1 Å². The monoisotopic (exact) mass is 357 g/mol. The number of hydrogen-bond donors (Lipinski definition) is 2. The van der Waals surface area contributed by atoms with Gasteiger partial charge in [-0.05, 0) is 37.3 Å². The van der Waals surface area contributed by atoms with Gasteiger partial charge in [-0.25, -0.2) is 4.39 Å². The Morgan fingerprint density at radius 2 is 2.04 bits per heavy atom. The molecule has 0 saturated carbocycles. The fourth-order valence-corrected chi connectivity index (χ4v) is 2.48. The molecule has 0 radical (unpaired) electrons. The molecule has 0 aliphatic heterocycles. The molecule has 0 amide bonds. The molecule has 0 fully saturated rings. The van der Waals surface area contributed by atoms with Crippen LogP contribution in [0.15, 0.2) is 36.4 Å². The first-order valence-electron chi connectivity index (χ1n) is 7.20. The number of hydrogen-bond acceptors (Lipinski definition) is 3. The van der Waals surface area contributed by atoms with E-state index in [1.807, 2.05) is 0 Å². The van der Waals surface area contributed by atoms with Crippen molar-refractivity contribution in [2.45, 2.75) is 26.2 Å². The van der Waals surface area contributed by atoms with Gasteiger partial charge >= 0.3 is 0 Å². The molecule has 2 aromatic carbocycles. The standard InChI is InChI=1S/C17H18Cl2FNO2/c1-11(22)8-21-9-12-7-13(18)5-6-17(12)23-10-14-15(19)3-2-4-16(14)20/h2-7,11,21-22H,8-10H2,1H3/t11-/m0/s1. The molecule has 0 aliphatic carbocycles. The summed E-state index contributed by atoms with van der Waals surface area (Å²) < 4.78 is 19.5. The third kappa shape index (κ3) is 5.36. The van der Waals surface area contributed by atoms with E-state index in [1.54, 1.807) is 37.3 Å². The van der Waals surface area contributed by atoms with Crippen molar-refractivity contribution in [3.05, 3.63) is 63.4 Å². The zero-order valence-corrected chi connectivity index (χ0v) is 14.2. The number of nitrogens with one attached hydrogen (secondary N) is 1. The number of ether oxygens (including phenoxy) is 1. The van der Waals surface area contributed by atoms with E-state index < -0.39 is 11.9 Å². The van der Waals surface area contributed by atoms with E-state index in [0.717, 1.165) is 5.56 Å². The highest BCUT2D eigenvalue weighted by atomic mass is 35.5. The Bertz CT molecular complexity index is 645. The number of aliphatic hydroxyl groups is 1. The van der Waals surface area contributed by atoms with Gasteiger partial charge in [0.1, 0.15) is 18.2 Å². The molecule has 0 heterocycles. The molecule has 0 aliphatic rings. The largest absolute Gasteiger partial charge is 0.488 e. The molecule has 0 saturated heterocycles. The highest BCUT2D eigenvalue weighted by molar-refractivity contribution is 6.31. The lowest BCUT2D eigenvalue weighted by atomic mass is 10.2. The van der Waals surface area contributed by atoms with E-state index in [4.69, 9.17) is 27.9 Å². The topological polar surface area (TPSA) is 41.5 Å².